The molecular weight excluding hydrogens is 504 g/mol. The summed E-state index contributed by atoms with van der Waals surface area (Å²) in [6.07, 6.45) is 7.43. The van der Waals surface area contributed by atoms with Crippen LogP contribution in [0, 0.1) is 11.8 Å². The van der Waals surface area contributed by atoms with Gasteiger partial charge in [0.1, 0.15) is 5.78 Å². The van der Waals surface area contributed by atoms with E-state index >= 15 is 0 Å². The Morgan fingerprint density at radius 2 is 1.95 bits per heavy atom. The van der Waals surface area contributed by atoms with Crippen molar-refractivity contribution in [2.45, 2.75) is 77.1 Å². The van der Waals surface area contributed by atoms with Gasteiger partial charge in [-0.3, -0.25) is 9.59 Å². The summed E-state index contributed by atoms with van der Waals surface area (Å²) in [6.45, 7) is 4.42. The van der Waals surface area contributed by atoms with E-state index in [4.69, 9.17) is 14.2 Å². The lowest BCUT2D eigenvalue weighted by molar-refractivity contribution is -0.144. The molecule has 0 unspecified atom stereocenters. The number of rotatable bonds is 20. The highest BCUT2D eigenvalue weighted by atomic mass is 32.2. The second kappa shape index (κ2) is 19.4. The second-order valence-corrected chi connectivity index (χ2v) is 11.1. The molecule has 1 saturated carbocycles. The summed E-state index contributed by atoms with van der Waals surface area (Å²) in [4.78, 5) is 24.3. The Bertz CT molecular complexity index is 844. The maximum absolute atomic E-state index is 12.5. The summed E-state index contributed by atoms with van der Waals surface area (Å²) in [5.41, 5.74) is 2.06. The van der Waals surface area contributed by atoms with Crippen LogP contribution in [0.1, 0.15) is 63.0 Å². The molecule has 1 fully saturated rings. The maximum atomic E-state index is 12.5. The van der Waals surface area contributed by atoms with Crippen molar-refractivity contribution < 1.29 is 34.0 Å². The number of thioether (sulfide) groups is 1. The number of methoxy groups -OCH3 is 1. The Morgan fingerprint density at radius 1 is 1.16 bits per heavy atom. The minimum absolute atomic E-state index is 0.0803. The smallest absolute Gasteiger partial charge is 0.305 e. The van der Waals surface area contributed by atoms with Crippen LogP contribution in [0.4, 0.5) is 0 Å². The molecule has 1 aliphatic carbocycles. The van der Waals surface area contributed by atoms with Gasteiger partial charge < -0.3 is 24.4 Å². The predicted octanol–water partition coefficient (Wildman–Crippen LogP) is 4.51. The van der Waals surface area contributed by atoms with E-state index < -0.39 is 12.2 Å². The molecule has 0 amide bonds. The van der Waals surface area contributed by atoms with Crippen LogP contribution < -0.4 is 0 Å². The Labute approximate surface area is 232 Å². The number of esters is 1. The lowest BCUT2D eigenvalue weighted by Gasteiger charge is -2.18. The SMILES string of the molecule is CCCCOCCCOC(=O)CCCSCC[C@H]1C(=O)C[C@@H](O)[C@@H]1C=C[C@@H](O)Cc1cccc(COC)c1. The summed E-state index contributed by atoms with van der Waals surface area (Å²) in [5.74, 6) is 0.986. The normalized spacial score (nSPS) is 20.3. The highest BCUT2D eigenvalue weighted by Gasteiger charge is 2.39. The number of hydrogen-bond donors (Lipinski definition) is 2. The minimum atomic E-state index is -0.710. The van der Waals surface area contributed by atoms with Gasteiger partial charge in [-0.05, 0) is 41.9 Å². The number of hydrogen-bond acceptors (Lipinski definition) is 8. The van der Waals surface area contributed by atoms with Gasteiger partial charge in [0, 0.05) is 57.8 Å². The molecule has 0 spiro atoms. The molecule has 0 radical (unpaired) electrons. The van der Waals surface area contributed by atoms with E-state index in [2.05, 4.69) is 6.92 Å². The van der Waals surface area contributed by atoms with Crippen LogP contribution in [0.5, 0.6) is 0 Å². The highest BCUT2D eigenvalue weighted by molar-refractivity contribution is 7.99. The quantitative estimate of drug-likeness (QED) is 0.139. The average Bonchev–Trinajstić information content (AvgIpc) is 3.16. The third kappa shape index (κ3) is 12.9. The summed E-state index contributed by atoms with van der Waals surface area (Å²) in [6, 6.07) is 7.91. The molecule has 8 heteroatoms. The summed E-state index contributed by atoms with van der Waals surface area (Å²) in [5, 5.41) is 21.0. The van der Waals surface area contributed by atoms with E-state index in [1.807, 2.05) is 30.3 Å². The van der Waals surface area contributed by atoms with Crippen LogP contribution in [-0.4, -0.2) is 72.6 Å². The van der Waals surface area contributed by atoms with Crippen molar-refractivity contribution in [2.24, 2.45) is 11.8 Å². The van der Waals surface area contributed by atoms with Crippen LogP contribution in [0.2, 0.25) is 0 Å². The van der Waals surface area contributed by atoms with Gasteiger partial charge in [-0.15, -0.1) is 0 Å². The number of unbranched alkanes of at least 4 members (excludes halogenated alkanes) is 1. The molecule has 1 aliphatic rings. The van der Waals surface area contributed by atoms with Gasteiger partial charge in [0.15, 0.2) is 0 Å². The number of Topliss-reactive ketones (excluding diaryl/α,β-unsaturated/α-hetero) is 1. The van der Waals surface area contributed by atoms with Gasteiger partial charge in [-0.25, -0.2) is 0 Å². The van der Waals surface area contributed by atoms with Gasteiger partial charge in [0.2, 0.25) is 0 Å². The largest absolute Gasteiger partial charge is 0.466 e. The van der Waals surface area contributed by atoms with Gasteiger partial charge in [-0.1, -0.05) is 49.8 Å². The zero-order valence-corrected chi connectivity index (χ0v) is 23.8. The van der Waals surface area contributed by atoms with E-state index in [0.717, 1.165) is 54.9 Å². The third-order valence-electron chi connectivity index (χ3n) is 6.62. The Hall–Kier alpha value is -1.71. The standard InChI is InChI=1S/C30H46O7S/c1-3-4-14-36-15-7-16-37-30(34)10-6-17-38-18-13-27-26(28(32)21-29(27)33)12-11-25(31)20-23-8-5-9-24(19-23)22-35-2/h5,8-9,11-12,19,25-28,31-32H,3-4,6-7,10,13-18,20-22H2,1-2H3/t25-,26-,27-,28-/m1/s1. The Balaban J connectivity index is 1.64. The van der Waals surface area contributed by atoms with E-state index in [1.165, 1.54) is 0 Å². The van der Waals surface area contributed by atoms with Crippen molar-refractivity contribution in [1.82, 2.24) is 0 Å². The van der Waals surface area contributed by atoms with E-state index in [1.54, 1.807) is 24.9 Å². The zero-order chi connectivity index (χ0) is 27.6. The lowest BCUT2D eigenvalue weighted by Crippen LogP contribution is -2.20. The molecule has 0 heterocycles. The molecule has 0 aliphatic heterocycles. The molecule has 2 N–H and O–H groups in total. The first-order valence-electron chi connectivity index (χ1n) is 13.9. The molecule has 0 aromatic heterocycles. The van der Waals surface area contributed by atoms with Crippen LogP contribution in [0.15, 0.2) is 36.4 Å². The van der Waals surface area contributed by atoms with Crippen molar-refractivity contribution in [3.63, 3.8) is 0 Å². The number of aliphatic hydroxyl groups is 2. The molecule has 0 saturated heterocycles. The first-order valence-corrected chi connectivity index (χ1v) is 15.0. The number of ketones is 1. The number of aliphatic hydroxyl groups excluding tert-OH is 2. The first-order chi connectivity index (χ1) is 18.4. The molecule has 38 heavy (non-hydrogen) atoms. The van der Waals surface area contributed by atoms with Crippen LogP contribution in [0.3, 0.4) is 0 Å². The highest BCUT2D eigenvalue weighted by Crippen LogP contribution is 2.34. The van der Waals surface area contributed by atoms with Gasteiger partial charge >= 0.3 is 5.97 Å². The van der Waals surface area contributed by atoms with E-state index in [-0.39, 0.29) is 30.0 Å². The van der Waals surface area contributed by atoms with Gasteiger partial charge in [0.25, 0.3) is 0 Å². The van der Waals surface area contributed by atoms with Crippen LogP contribution in [-0.2, 0) is 36.8 Å². The first kappa shape index (κ1) is 32.5. The van der Waals surface area contributed by atoms with Crippen molar-refractivity contribution in [3.05, 3.63) is 47.5 Å². The summed E-state index contributed by atoms with van der Waals surface area (Å²) < 4.78 is 15.9. The van der Waals surface area contributed by atoms with Crippen molar-refractivity contribution >= 4 is 23.5 Å². The second-order valence-electron chi connectivity index (χ2n) is 9.88. The number of benzene rings is 1. The molecule has 1 aromatic carbocycles. The van der Waals surface area contributed by atoms with Crippen molar-refractivity contribution in [1.29, 1.82) is 0 Å². The lowest BCUT2D eigenvalue weighted by atomic mass is 9.91. The molecule has 0 bridgehead atoms. The average molecular weight is 551 g/mol. The molecular formula is C30H46O7S. The number of carbonyl (C=O) groups is 2. The topological polar surface area (TPSA) is 102 Å². The monoisotopic (exact) mass is 550 g/mol. The van der Waals surface area contributed by atoms with Gasteiger partial charge in [0.05, 0.1) is 25.4 Å². The maximum Gasteiger partial charge on any atom is 0.305 e. The number of ether oxygens (including phenoxy) is 3. The fraction of sp³-hybridized carbons (Fsp3) is 0.667. The summed E-state index contributed by atoms with van der Waals surface area (Å²) in [7, 11) is 1.65. The van der Waals surface area contributed by atoms with E-state index in [0.29, 0.717) is 39.1 Å². The van der Waals surface area contributed by atoms with Crippen LogP contribution >= 0.6 is 11.8 Å². The molecule has 4 atom stereocenters. The van der Waals surface area contributed by atoms with Gasteiger partial charge in [-0.2, -0.15) is 11.8 Å². The van der Waals surface area contributed by atoms with Crippen LogP contribution in [0.25, 0.3) is 0 Å². The van der Waals surface area contributed by atoms with Crippen molar-refractivity contribution in [3.8, 4) is 0 Å². The summed E-state index contributed by atoms with van der Waals surface area (Å²) >= 11 is 1.71. The number of carbonyl (C=O) groups excluding carboxylic acids is 2. The fourth-order valence-electron chi connectivity index (χ4n) is 4.57. The molecule has 7 nitrogen and oxygen atoms in total. The van der Waals surface area contributed by atoms with E-state index in [9.17, 15) is 19.8 Å². The fourth-order valence-corrected chi connectivity index (χ4v) is 5.54. The Morgan fingerprint density at radius 3 is 2.74 bits per heavy atom. The molecule has 2 rings (SSSR count). The van der Waals surface area contributed by atoms with Crippen molar-refractivity contribution in [2.75, 3.05) is 38.4 Å². The molecule has 214 valence electrons. The predicted molar refractivity (Wildman–Crippen MR) is 151 cm³/mol. The zero-order valence-electron chi connectivity index (χ0n) is 23.0. The molecule has 1 aromatic rings. The minimum Gasteiger partial charge on any atom is -0.466 e. The third-order valence-corrected chi connectivity index (χ3v) is 7.72. The Kier molecular flexibility index (Phi) is 16.6.